The lowest BCUT2D eigenvalue weighted by Gasteiger charge is -2.35. The van der Waals surface area contributed by atoms with Gasteiger partial charge >= 0.3 is 5.97 Å². The molecule has 0 saturated carbocycles. The molecule has 0 bridgehead atoms. The van der Waals surface area contributed by atoms with Gasteiger partial charge < -0.3 is 4.74 Å². The molecule has 1 aliphatic rings. The fourth-order valence-electron chi connectivity index (χ4n) is 2.68. The van der Waals surface area contributed by atoms with Gasteiger partial charge in [-0.1, -0.05) is 37.3 Å². The second kappa shape index (κ2) is 5.11. The van der Waals surface area contributed by atoms with Gasteiger partial charge in [0.05, 0.1) is 6.04 Å². The molecule has 1 aliphatic heterocycles. The van der Waals surface area contributed by atoms with Gasteiger partial charge in [0.1, 0.15) is 0 Å². The molecule has 1 fully saturated rings. The number of hydrogen-bond donors (Lipinski definition) is 0. The van der Waals surface area contributed by atoms with Crippen molar-refractivity contribution >= 4 is 5.97 Å². The maximum atomic E-state index is 11.8. The number of carbonyl (C=O) groups excluding carboxylic acids is 1. The summed E-state index contributed by atoms with van der Waals surface area (Å²) in [7, 11) is 2.08. The lowest BCUT2D eigenvalue weighted by atomic mass is 9.87. The van der Waals surface area contributed by atoms with Crippen LogP contribution < -0.4 is 0 Å². The van der Waals surface area contributed by atoms with Crippen molar-refractivity contribution in [2.45, 2.75) is 38.3 Å². The maximum absolute atomic E-state index is 11.8. The van der Waals surface area contributed by atoms with Gasteiger partial charge in [-0.2, -0.15) is 0 Å². The number of likely N-dealkylation sites (N-methyl/N-ethyl adjacent to an activating group) is 1. The molecular weight excluding hydrogens is 226 g/mol. The van der Waals surface area contributed by atoms with Crippen molar-refractivity contribution in [3.05, 3.63) is 35.9 Å². The number of likely N-dealkylation sites (tertiary alicyclic amines) is 1. The van der Waals surface area contributed by atoms with Gasteiger partial charge in [0, 0.05) is 19.4 Å². The normalized spacial score (nSPS) is 28.3. The van der Waals surface area contributed by atoms with Gasteiger partial charge in [0.25, 0.3) is 0 Å². The number of benzene rings is 1. The smallest absolute Gasteiger partial charge is 0.306 e. The molecule has 0 unspecified atom stereocenters. The molecule has 1 heterocycles. The summed E-state index contributed by atoms with van der Waals surface area (Å²) in [6.45, 7) is 4.92. The van der Waals surface area contributed by atoms with Gasteiger partial charge in [-0.3, -0.25) is 9.69 Å². The third-order valence-corrected chi connectivity index (χ3v) is 4.02. The molecule has 1 saturated heterocycles. The summed E-state index contributed by atoms with van der Waals surface area (Å²) in [5.74, 6) is -0.124. The van der Waals surface area contributed by atoms with Crippen LogP contribution in [0.1, 0.15) is 32.3 Å². The third-order valence-electron chi connectivity index (χ3n) is 4.02. The minimum Gasteiger partial charge on any atom is -0.452 e. The monoisotopic (exact) mass is 247 g/mol. The SMILES string of the molecule is CCC(=O)O[C@@]1(c2ccccc2)CCN(C)[C@@H]1C. The van der Waals surface area contributed by atoms with Crippen molar-refractivity contribution in [3.63, 3.8) is 0 Å². The van der Waals surface area contributed by atoms with E-state index in [2.05, 4.69) is 31.0 Å². The molecule has 18 heavy (non-hydrogen) atoms. The Labute approximate surface area is 109 Å². The Kier molecular flexibility index (Phi) is 3.71. The van der Waals surface area contributed by atoms with E-state index in [0.717, 1.165) is 18.5 Å². The Morgan fingerprint density at radius 3 is 2.61 bits per heavy atom. The van der Waals surface area contributed by atoms with Gasteiger partial charge in [0.2, 0.25) is 0 Å². The Morgan fingerprint density at radius 2 is 2.11 bits per heavy atom. The number of esters is 1. The Balaban J connectivity index is 2.38. The molecule has 0 spiro atoms. The summed E-state index contributed by atoms with van der Waals surface area (Å²) >= 11 is 0. The standard InChI is InChI=1S/C15H21NO2/c1-4-14(17)18-15(10-11-16(3)12(15)2)13-8-6-5-7-9-13/h5-9,12H,4,10-11H2,1-3H3/t12-,15+/m1/s1. The van der Waals surface area contributed by atoms with E-state index in [0.29, 0.717) is 6.42 Å². The van der Waals surface area contributed by atoms with Crippen molar-refractivity contribution in [3.8, 4) is 0 Å². The zero-order valence-corrected chi connectivity index (χ0v) is 11.3. The number of rotatable bonds is 3. The van der Waals surface area contributed by atoms with Crippen LogP contribution in [0.4, 0.5) is 0 Å². The molecule has 3 heteroatoms. The highest BCUT2D eigenvalue weighted by atomic mass is 16.6. The van der Waals surface area contributed by atoms with Crippen molar-refractivity contribution in [1.82, 2.24) is 4.90 Å². The minimum absolute atomic E-state index is 0.124. The first kappa shape index (κ1) is 13.1. The largest absolute Gasteiger partial charge is 0.452 e. The summed E-state index contributed by atoms with van der Waals surface area (Å²) in [6, 6.07) is 10.3. The van der Waals surface area contributed by atoms with Crippen LogP contribution in [0, 0.1) is 0 Å². The number of nitrogens with zero attached hydrogens (tertiary/aromatic N) is 1. The minimum atomic E-state index is -0.483. The number of ether oxygens (including phenoxy) is 1. The van der Waals surface area contributed by atoms with Crippen molar-refractivity contribution < 1.29 is 9.53 Å². The molecule has 3 nitrogen and oxygen atoms in total. The van der Waals surface area contributed by atoms with Crippen molar-refractivity contribution in [2.24, 2.45) is 0 Å². The first-order chi connectivity index (χ1) is 8.60. The van der Waals surface area contributed by atoms with Crippen LogP contribution in [0.5, 0.6) is 0 Å². The van der Waals surface area contributed by atoms with Crippen LogP contribution in [-0.2, 0) is 15.1 Å². The highest BCUT2D eigenvalue weighted by Gasteiger charge is 2.47. The van der Waals surface area contributed by atoms with Crippen LogP contribution in [-0.4, -0.2) is 30.5 Å². The fraction of sp³-hybridized carbons (Fsp3) is 0.533. The van der Waals surface area contributed by atoms with Crippen LogP contribution in [0.25, 0.3) is 0 Å². The van der Waals surface area contributed by atoms with Crippen molar-refractivity contribution in [1.29, 1.82) is 0 Å². The quantitative estimate of drug-likeness (QED) is 0.769. The molecule has 1 aromatic carbocycles. The molecular formula is C15H21NO2. The molecule has 1 aromatic rings. The molecule has 0 aromatic heterocycles. The highest BCUT2D eigenvalue weighted by molar-refractivity contribution is 5.70. The van der Waals surface area contributed by atoms with Crippen LogP contribution in [0.15, 0.2) is 30.3 Å². The summed E-state index contributed by atoms with van der Waals surface area (Å²) in [5, 5.41) is 0. The summed E-state index contributed by atoms with van der Waals surface area (Å²) in [4.78, 5) is 14.0. The number of hydrogen-bond acceptors (Lipinski definition) is 3. The Hall–Kier alpha value is -1.35. The van der Waals surface area contributed by atoms with Gasteiger partial charge in [-0.15, -0.1) is 0 Å². The predicted octanol–water partition coefficient (Wildman–Crippen LogP) is 2.56. The number of carbonyl (C=O) groups is 1. The lowest BCUT2D eigenvalue weighted by Crippen LogP contribution is -2.42. The topological polar surface area (TPSA) is 29.5 Å². The molecule has 0 radical (unpaired) electrons. The van der Waals surface area contributed by atoms with E-state index in [4.69, 9.17) is 4.74 Å². The van der Waals surface area contributed by atoms with Crippen LogP contribution in [0.3, 0.4) is 0 Å². The molecule has 98 valence electrons. The highest BCUT2D eigenvalue weighted by Crippen LogP contribution is 2.40. The Morgan fingerprint density at radius 1 is 1.44 bits per heavy atom. The third kappa shape index (κ3) is 2.15. The van der Waals surface area contributed by atoms with Crippen LogP contribution >= 0.6 is 0 Å². The second-order valence-corrected chi connectivity index (χ2v) is 4.99. The van der Waals surface area contributed by atoms with E-state index in [1.807, 2.05) is 25.1 Å². The van der Waals surface area contributed by atoms with Gasteiger partial charge in [-0.25, -0.2) is 0 Å². The Bertz CT molecular complexity index is 418. The zero-order chi connectivity index (χ0) is 13.2. The summed E-state index contributed by atoms with van der Waals surface area (Å²) in [5.41, 5.74) is 0.618. The van der Waals surface area contributed by atoms with Gasteiger partial charge in [0.15, 0.2) is 5.60 Å². The van der Waals surface area contributed by atoms with E-state index >= 15 is 0 Å². The molecule has 0 aliphatic carbocycles. The van der Waals surface area contributed by atoms with Crippen molar-refractivity contribution in [2.75, 3.05) is 13.6 Å². The molecule has 2 rings (SSSR count). The predicted molar refractivity (Wildman–Crippen MR) is 71.2 cm³/mol. The van der Waals surface area contributed by atoms with E-state index in [1.54, 1.807) is 0 Å². The first-order valence-electron chi connectivity index (χ1n) is 6.57. The summed E-state index contributed by atoms with van der Waals surface area (Å²) in [6.07, 6.45) is 1.28. The first-order valence-corrected chi connectivity index (χ1v) is 6.57. The van der Waals surface area contributed by atoms with E-state index in [1.165, 1.54) is 0 Å². The van der Waals surface area contributed by atoms with E-state index in [-0.39, 0.29) is 12.0 Å². The summed E-state index contributed by atoms with van der Waals surface area (Å²) < 4.78 is 5.84. The second-order valence-electron chi connectivity index (χ2n) is 4.99. The fourth-order valence-corrected chi connectivity index (χ4v) is 2.68. The average Bonchev–Trinajstić information content (AvgIpc) is 2.69. The maximum Gasteiger partial charge on any atom is 0.306 e. The van der Waals surface area contributed by atoms with E-state index in [9.17, 15) is 4.79 Å². The molecule has 0 amide bonds. The van der Waals surface area contributed by atoms with E-state index < -0.39 is 5.60 Å². The molecule has 2 atom stereocenters. The average molecular weight is 247 g/mol. The van der Waals surface area contributed by atoms with Gasteiger partial charge in [-0.05, 0) is 19.5 Å². The lowest BCUT2D eigenvalue weighted by molar-refractivity contribution is -0.163. The van der Waals surface area contributed by atoms with Crippen LogP contribution in [0.2, 0.25) is 0 Å². The molecule has 0 N–H and O–H groups in total. The zero-order valence-electron chi connectivity index (χ0n) is 11.3.